The standard InChI is InChI=1S/C16H18ClN3O/c1-10-13-9-11(17)7-8-14(13)18-15(10)16(21)20-19-12-5-3-2-4-6-12/h7-9,18H,2-6H2,1H3,(H,20,21). The molecule has 1 saturated carbocycles. The van der Waals surface area contributed by atoms with Crippen LogP contribution in [-0.4, -0.2) is 16.6 Å². The first-order valence-electron chi connectivity index (χ1n) is 7.29. The van der Waals surface area contributed by atoms with Crippen molar-refractivity contribution in [3.05, 3.63) is 34.5 Å². The third kappa shape index (κ3) is 2.95. The maximum absolute atomic E-state index is 12.3. The van der Waals surface area contributed by atoms with Gasteiger partial charge in [0.2, 0.25) is 0 Å². The minimum absolute atomic E-state index is 0.196. The van der Waals surface area contributed by atoms with E-state index in [0.717, 1.165) is 35.0 Å². The van der Waals surface area contributed by atoms with E-state index in [4.69, 9.17) is 11.6 Å². The van der Waals surface area contributed by atoms with Crippen LogP contribution in [0, 0.1) is 6.92 Å². The van der Waals surface area contributed by atoms with Gasteiger partial charge in [0.15, 0.2) is 0 Å². The zero-order valence-corrected chi connectivity index (χ0v) is 12.8. The first kappa shape index (κ1) is 14.1. The van der Waals surface area contributed by atoms with Crippen LogP contribution in [0.1, 0.15) is 48.2 Å². The van der Waals surface area contributed by atoms with E-state index in [1.54, 1.807) is 0 Å². The molecule has 0 atom stereocenters. The molecular formula is C16H18ClN3O. The molecule has 0 bridgehead atoms. The summed E-state index contributed by atoms with van der Waals surface area (Å²) >= 11 is 6.01. The van der Waals surface area contributed by atoms with Crippen molar-refractivity contribution in [3.63, 3.8) is 0 Å². The summed E-state index contributed by atoms with van der Waals surface area (Å²) in [6.45, 7) is 1.91. The Labute approximate surface area is 128 Å². The number of benzene rings is 1. The number of H-pyrrole nitrogens is 1. The summed E-state index contributed by atoms with van der Waals surface area (Å²) in [5.41, 5.74) is 6.11. The predicted octanol–water partition coefficient (Wildman–Crippen LogP) is 4.18. The Morgan fingerprint density at radius 3 is 2.81 bits per heavy atom. The van der Waals surface area contributed by atoms with Gasteiger partial charge in [-0.15, -0.1) is 0 Å². The summed E-state index contributed by atoms with van der Waals surface area (Å²) in [7, 11) is 0. The van der Waals surface area contributed by atoms with Gasteiger partial charge in [-0.3, -0.25) is 4.79 Å². The van der Waals surface area contributed by atoms with E-state index in [0.29, 0.717) is 10.7 Å². The summed E-state index contributed by atoms with van der Waals surface area (Å²) in [4.78, 5) is 15.4. The van der Waals surface area contributed by atoms with Gasteiger partial charge in [0.25, 0.3) is 5.91 Å². The number of aromatic nitrogens is 1. The second kappa shape index (κ2) is 5.90. The average Bonchev–Trinajstić information content (AvgIpc) is 2.83. The Morgan fingerprint density at radius 1 is 1.29 bits per heavy atom. The van der Waals surface area contributed by atoms with E-state index in [2.05, 4.69) is 15.5 Å². The van der Waals surface area contributed by atoms with Crippen molar-refractivity contribution < 1.29 is 4.79 Å². The number of aromatic amines is 1. The lowest BCUT2D eigenvalue weighted by molar-refractivity contribution is 0.0950. The van der Waals surface area contributed by atoms with Crippen molar-refractivity contribution in [2.45, 2.75) is 39.0 Å². The fourth-order valence-corrected chi connectivity index (χ4v) is 2.96. The van der Waals surface area contributed by atoms with Crippen molar-refractivity contribution >= 4 is 34.1 Å². The van der Waals surface area contributed by atoms with Crippen LogP contribution in [0.2, 0.25) is 5.02 Å². The van der Waals surface area contributed by atoms with Gasteiger partial charge >= 0.3 is 0 Å². The summed E-state index contributed by atoms with van der Waals surface area (Å²) in [5.74, 6) is -0.196. The van der Waals surface area contributed by atoms with Crippen LogP contribution in [0.3, 0.4) is 0 Å². The number of amides is 1. The van der Waals surface area contributed by atoms with Gasteiger partial charge in [-0.05, 0) is 56.4 Å². The van der Waals surface area contributed by atoms with Crippen molar-refractivity contribution in [1.29, 1.82) is 0 Å². The Kier molecular flexibility index (Phi) is 3.97. The molecule has 2 aromatic rings. The third-order valence-corrected chi connectivity index (χ3v) is 4.23. The largest absolute Gasteiger partial charge is 0.350 e. The molecule has 1 aliphatic carbocycles. The number of nitrogens with zero attached hydrogens (tertiary/aromatic N) is 1. The van der Waals surface area contributed by atoms with Gasteiger partial charge in [-0.1, -0.05) is 18.0 Å². The van der Waals surface area contributed by atoms with Crippen molar-refractivity contribution in [1.82, 2.24) is 10.4 Å². The van der Waals surface area contributed by atoms with Crippen LogP contribution in [-0.2, 0) is 0 Å². The van der Waals surface area contributed by atoms with Gasteiger partial charge in [0, 0.05) is 21.6 Å². The summed E-state index contributed by atoms with van der Waals surface area (Å²) in [5, 5.41) is 5.90. The monoisotopic (exact) mass is 303 g/mol. The molecule has 4 nitrogen and oxygen atoms in total. The molecule has 1 aromatic heterocycles. The van der Waals surface area contributed by atoms with E-state index in [1.165, 1.54) is 19.3 Å². The number of aryl methyl sites for hydroxylation is 1. The topological polar surface area (TPSA) is 57.2 Å². The van der Waals surface area contributed by atoms with Crippen LogP contribution in [0.5, 0.6) is 0 Å². The summed E-state index contributed by atoms with van der Waals surface area (Å²) < 4.78 is 0. The zero-order chi connectivity index (χ0) is 14.8. The van der Waals surface area contributed by atoms with Crippen LogP contribution >= 0.6 is 11.6 Å². The highest BCUT2D eigenvalue weighted by Gasteiger charge is 2.15. The summed E-state index contributed by atoms with van der Waals surface area (Å²) in [6.07, 6.45) is 5.56. The second-order valence-corrected chi connectivity index (χ2v) is 5.93. The van der Waals surface area contributed by atoms with E-state index in [-0.39, 0.29) is 5.91 Å². The number of fused-ring (bicyclic) bond motifs is 1. The van der Waals surface area contributed by atoms with Gasteiger partial charge in [-0.2, -0.15) is 5.10 Å². The van der Waals surface area contributed by atoms with Crippen LogP contribution in [0.4, 0.5) is 0 Å². The van der Waals surface area contributed by atoms with Gasteiger partial charge in [-0.25, -0.2) is 5.43 Å². The van der Waals surface area contributed by atoms with E-state index < -0.39 is 0 Å². The smallest absolute Gasteiger partial charge is 0.288 e. The number of halogens is 1. The third-order valence-electron chi connectivity index (χ3n) is 3.99. The Bertz CT molecular complexity index is 710. The van der Waals surface area contributed by atoms with Crippen LogP contribution in [0.15, 0.2) is 23.3 Å². The Balaban J connectivity index is 1.82. The molecule has 0 aliphatic heterocycles. The maximum Gasteiger partial charge on any atom is 0.288 e. The minimum Gasteiger partial charge on any atom is -0.350 e. The molecule has 21 heavy (non-hydrogen) atoms. The number of nitrogens with one attached hydrogen (secondary N) is 2. The van der Waals surface area contributed by atoms with Crippen molar-refractivity contribution in [2.24, 2.45) is 5.10 Å². The molecule has 0 saturated heterocycles. The molecule has 0 spiro atoms. The molecule has 1 aliphatic rings. The lowest BCUT2D eigenvalue weighted by atomic mass is 9.99. The van der Waals surface area contributed by atoms with E-state index in [1.807, 2.05) is 25.1 Å². The van der Waals surface area contributed by atoms with Gasteiger partial charge in [0.05, 0.1) is 0 Å². The Morgan fingerprint density at radius 2 is 2.05 bits per heavy atom. The summed E-state index contributed by atoms with van der Waals surface area (Å²) in [6, 6.07) is 5.56. The first-order valence-corrected chi connectivity index (χ1v) is 7.66. The minimum atomic E-state index is -0.196. The molecule has 2 N–H and O–H groups in total. The van der Waals surface area contributed by atoms with Crippen LogP contribution < -0.4 is 5.43 Å². The molecule has 1 heterocycles. The number of hydrogen-bond acceptors (Lipinski definition) is 2. The molecule has 0 unspecified atom stereocenters. The average molecular weight is 304 g/mol. The molecule has 5 heteroatoms. The Hall–Kier alpha value is -1.81. The molecule has 1 amide bonds. The quantitative estimate of drug-likeness (QED) is 0.803. The highest BCUT2D eigenvalue weighted by atomic mass is 35.5. The number of carbonyl (C=O) groups excluding carboxylic acids is 1. The van der Waals surface area contributed by atoms with E-state index in [9.17, 15) is 4.79 Å². The second-order valence-electron chi connectivity index (χ2n) is 5.49. The van der Waals surface area contributed by atoms with Gasteiger partial charge in [0.1, 0.15) is 5.69 Å². The highest BCUT2D eigenvalue weighted by Crippen LogP contribution is 2.25. The van der Waals surface area contributed by atoms with Crippen molar-refractivity contribution in [2.75, 3.05) is 0 Å². The maximum atomic E-state index is 12.3. The van der Waals surface area contributed by atoms with Crippen molar-refractivity contribution in [3.8, 4) is 0 Å². The molecule has 0 radical (unpaired) electrons. The molecule has 1 aromatic carbocycles. The predicted molar refractivity (Wildman–Crippen MR) is 86.0 cm³/mol. The van der Waals surface area contributed by atoms with Crippen LogP contribution in [0.25, 0.3) is 10.9 Å². The SMILES string of the molecule is Cc1c(C(=O)NN=C2CCCCC2)[nH]c2ccc(Cl)cc12. The number of hydrazone groups is 1. The lowest BCUT2D eigenvalue weighted by Crippen LogP contribution is -2.21. The first-order chi connectivity index (χ1) is 10.1. The normalized spacial score (nSPS) is 15.2. The molecular weight excluding hydrogens is 286 g/mol. The number of rotatable bonds is 2. The molecule has 110 valence electrons. The molecule has 3 rings (SSSR count). The van der Waals surface area contributed by atoms with Gasteiger partial charge < -0.3 is 4.98 Å². The highest BCUT2D eigenvalue weighted by molar-refractivity contribution is 6.31. The number of hydrogen-bond donors (Lipinski definition) is 2. The lowest BCUT2D eigenvalue weighted by Gasteiger charge is -2.11. The fraction of sp³-hybridized carbons (Fsp3) is 0.375. The molecule has 1 fully saturated rings. The fourth-order valence-electron chi connectivity index (χ4n) is 2.78. The van der Waals surface area contributed by atoms with E-state index >= 15 is 0 Å². The zero-order valence-electron chi connectivity index (χ0n) is 12.0. The number of carbonyl (C=O) groups is 1.